The number of hydrogen-bond donors (Lipinski definition) is 1. The van der Waals surface area contributed by atoms with Crippen molar-refractivity contribution in [2.45, 2.75) is 33.4 Å². The predicted molar refractivity (Wildman–Crippen MR) is 108 cm³/mol. The van der Waals surface area contributed by atoms with Gasteiger partial charge in [0.15, 0.2) is 0 Å². The molecule has 1 aromatic carbocycles. The van der Waals surface area contributed by atoms with Crippen LogP contribution in [-0.2, 0) is 16.1 Å². The summed E-state index contributed by atoms with van der Waals surface area (Å²) in [5.41, 5.74) is 1.26. The lowest BCUT2D eigenvalue weighted by atomic mass is 10.2. The molecule has 2 aromatic rings. The summed E-state index contributed by atoms with van der Waals surface area (Å²) in [7, 11) is 0. The number of rotatable bonds is 6. The fourth-order valence-electron chi connectivity index (χ4n) is 2.88. The smallest absolute Gasteiger partial charge is 0.331 e. The van der Waals surface area contributed by atoms with Gasteiger partial charge in [-0.15, -0.1) is 0 Å². The monoisotopic (exact) mass is 403 g/mol. The number of halogens is 1. The Morgan fingerprint density at radius 1 is 1.36 bits per heavy atom. The van der Waals surface area contributed by atoms with Crippen LogP contribution in [0.1, 0.15) is 26.3 Å². The number of hydrogen-bond acceptors (Lipinski definition) is 6. The van der Waals surface area contributed by atoms with Crippen LogP contribution in [0.25, 0.3) is 0 Å². The highest BCUT2D eigenvalue weighted by molar-refractivity contribution is 6.34. The van der Waals surface area contributed by atoms with Gasteiger partial charge in [0.1, 0.15) is 12.4 Å². The molecule has 0 atom stereocenters. The summed E-state index contributed by atoms with van der Waals surface area (Å²) in [5, 5.41) is 3.55. The zero-order chi connectivity index (χ0) is 20.3. The zero-order valence-electron chi connectivity index (χ0n) is 16.0. The second-order valence-electron chi connectivity index (χ2n) is 6.55. The molecular formula is C19H22ClN5O3. The van der Waals surface area contributed by atoms with E-state index < -0.39 is 12.0 Å². The van der Waals surface area contributed by atoms with Crippen molar-refractivity contribution in [2.75, 3.05) is 28.3 Å². The minimum absolute atomic E-state index is 0.121. The van der Waals surface area contributed by atoms with Gasteiger partial charge in [0.05, 0.1) is 23.9 Å². The summed E-state index contributed by atoms with van der Waals surface area (Å²) < 4.78 is 5.03. The molecule has 0 fully saturated rings. The fraction of sp³-hybridized carbons (Fsp3) is 0.368. The zero-order valence-corrected chi connectivity index (χ0v) is 16.7. The van der Waals surface area contributed by atoms with Crippen LogP contribution in [0.5, 0.6) is 0 Å². The summed E-state index contributed by atoms with van der Waals surface area (Å²) in [6, 6.07) is 6.77. The third-order valence-corrected chi connectivity index (χ3v) is 4.36. The number of esters is 1. The summed E-state index contributed by atoms with van der Waals surface area (Å²) in [5.74, 6) is 0.265. The van der Waals surface area contributed by atoms with Crippen LogP contribution in [-0.4, -0.2) is 41.2 Å². The number of carbonyl (C=O) groups excluding carboxylic acids is 2. The Hall–Kier alpha value is -2.87. The van der Waals surface area contributed by atoms with Crippen molar-refractivity contribution in [1.29, 1.82) is 0 Å². The van der Waals surface area contributed by atoms with Gasteiger partial charge in [0.2, 0.25) is 5.95 Å². The molecule has 3 rings (SSSR count). The molecule has 148 valence electrons. The molecule has 1 aromatic heterocycles. The van der Waals surface area contributed by atoms with E-state index in [0.717, 1.165) is 0 Å². The molecule has 8 nitrogen and oxygen atoms in total. The Bertz CT molecular complexity index is 890. The molecule has 0 aliphatic carbocycles. The number of nitrogens with zero attached hydrogens (tertiary/aromatic N) is 4. The second kappa shape index (κ2) is 8.43. The highest BCUT2D eigenvalue weighted by atomic mass is 35.5. The van der Waals surface area contributed by atoms with E-state index in [9.17, 15) is 9.59 Å². The van der Waals surface area contributed by atoms with Gasteiger partial charge in [-0.25, -0.2) is 9.78 Å². The number of aromatic nitrogens is 2. The highest BCUT2D eigenvalue weighted by Gasteiger charge is 2.35. The normalized spacial score (nSPS) is 13.5. The van der Waals surface area contributed by atoms with Gasteiger partial charge in [-0.3, -0.25) is 14.6 Å². The molecule has 0 saturated carbocycles. The van der Waals surface area contributed by atoms with Gasteiger partial charge in [-0.2, -0.15) is 4.98 Å². The topological polar surface area (TPSA) is 87.7 Å². The maximum absolute atomic E-state index is 13.2. The van der Waals surface area contributed by atoms with Crippen LogP contribution in [0.15, 0.2) is 30.5 Å². The molecule has 9 heteroatoms. The van der Waals surface area contributed by atoms with Crippen molar-refractivity contribution < 1.29 is 14.3 Å². The molecule has 2 amide bonds. The first-order chi connectivity index (χ1) is 13.4. The molecule has 0 radical (unpaired) electrons. The highest BCUT2D eigenvalue weighted by Crippen LogP contribution is 2.34. The molecule has 1 aliphatic rings. The molecule has 0 unspecified atom stereocenters. The average molecular weight is 404 g/mol. The van der Waals surface area contributed by atoms with Gasteiger partial charge in [0.25, 0.3) is 0 Å². The molecule has 0 bridgehead atoms. The van der Waals surface area contributed by atoms with Crippen molar-refractivity contribution in [3.63, 3.8) is 0 Å². The average Bonchev–Trinajstić information content (AvgIpc) is 2.64. The summed E-state index contributed by atoms with van der Waals surface area (Å²) in [6.45, 7) is 5.86. The number of anilines is 3. The van der Waals surface area contributed by atoms with E-state index in [4.69, 9.17) is 16.3 Å². The van der Waals surface area contributed by atoms with E-state index in [-0.39, 0.29) is 25.7 Å². The first-order valence-electron chi connectivity index (χ1n) is 9.02. The Kier molecular flexibility index (Phi) is 5.99. The summed E-state index contributed by atoms with van der Waals surface area (Å²) in [6.07, 6.45) is 1.65. The molecule has 0 saturated heterocycles. The number of benzene rings is 1. The first-order valence-corrected chi connectivity index (χ1v) is 9.40. The van der Waals surface area contributed by atoms with Crippen molar-refractivity contribution >= 4 is 41.1 Å². The SMILES string of the molecule is CCOC(=O)CN1C(=O)N(c2ccccc2Cl)Cc2cnc(NC(C)C)nc21. The van der Waals surface area contributed by atoms with E-state index in [2.05, 4.69) is 15.3 Å². The number of fused-ring (bicyclic) bond motifs is 1. The van der Waals surface area contributed by atoms with E-state index in [0.29, 0.717) is 28.0 Å². The number of nitrogens with one attached hydrogen (secondary N) is 1. The standard InChI is InChI=1S/C19H22ClN5O3/c1-4-28-16(26)11-25-17-13(9-21-18(23-17)22-12(2)3)10-24(19(25)27)15-8-6-5-7-14(15)20/h5-9,12H,4,10-11H2,1-3H3,(H,21,22,23). The van der Waals surface area contributed by atoms with Gasteiger partial charge in [-0.05, 0) is 32.9 Å². The third-order valence-electron chi connectivity index (χ3n) is 4.04. The van der Waals surface area contributed by atoms with Gasteiger partial charge < -0.3 is 10.1 Å². The van der Waals surface area contributed by atoms with Crippen LogP contribution >= 0.6 is 11.6 Å². The number of ether oxygens (including phenoxy) is 1. The Morgan fingerprint density at radius 2 is 2.11 bits per heavy atom. The minimum atomic E-state index is -0.514. The van der Waals surface area contributed by atoms with Crippen molar-refractivity contribution in [3.05, 3.63) is 41.0 Å². The Morgan fingerprint density at radius 3 is 2.79 bits per heavy atom. The van der Waals surface area contributed by atoms with Crippen LogP contribution in [0.4, 0.5) is 22.2 Å². The molecule has 2 heterocycles. The number of urea groups is 1. The van der Waals surface area contributed by atoms with E-state index >= 15 is 0 Å². The molecular weight excluding hydrogens is 382 g/mol. The maximum atomic E-state index is 13.2. The number of para-hydroxylation sites is 1. The van der Waals surface area contributed by atoms with E-state index in [1.165, 1.54) is 9.80 Å². The second-order valence-corrected chi connectivity index (χ2v) is 6.96. The van der Waals surface area contributed by atoms with Crippen LogP contribution in [0.3, 0.4) is 0 Å². The maximum Gasteiger partial charge on any atom is 0.331 e. The molecule has 0 spiro atoms. The lowest BCUT2D eigenvalue weighted by Crippen LogP contribution is -2.50. The van der Waals surface area contributed by atoms with Crippen LogP contribution < -0.4 is 15.1 Å². The largest absolute Gasteiger partial charge is 0.465 e. The number of amides is 2. The van der Waals surface area contributed by atoms with Crippen molar-refractivity contribution in [3.8, 4) is 0 Å². The van der Waals surface area contributed by atoms with Crippen LogP contribution in [0.2, 0.25) is 5.02 Å². The first kappa shape index (κ1) is 19.9. The lowest BCUT2D eigenvalue weighted by Gasteiger charge is -2.36. The minimum Gasteiger partial charge on any atom is -0.465 e. The number of carbonyl (C=O) groups is 2. The lowest BCUT2D eigenvalue weighted by molar-refractivity contribution is -0.141. The van der Waals surface area contributed by atoms with Crippen molar-refractivity contribution in [2.24, 2.45) is 0 Å². The molecule has 1 aliphatic heterocycles. The summed E-state index contributed by atoms with van der Waals surface area (Å²) >= 11 is 6.29. The quantitative estimate of drug-likeness (QED) is 0.743. The molecule has 1 N–H and O–H groups in total. The third kappa shape index (κ3) is 4.17. The fourth-order valence-corrected chi connectivity index (χ4v) is 3.12. The van der Waals surface area contributed by atoms with Gasteiger partial charge in [0, 0.05) is 17.8 Å². The molecule has 28 heavy (non-hydrogen) atoms. The van der Waals surface area contributed by atoms with Crippen LogP contribution in [0, 0.1) is 0 Å². The van der Waals surface area contributed by atoms with E-state index in [1.54, 1.807) is 37.4 Å². The predicted octanol–water partition coefficient (Wildman–Crippen LogP) is 3.46. The summed E-state index contributed by atoms with van der Waals surface area (Å²) in [4.78, 5) is 36.9. The van der Waals surface area contributed by atoms with Gasteiger partial charge >= 0.3 is 12.0 Å². The Balaban J connectivity index is 2.02. The Labute approximate surface area is 168 Å². The van der Waals surface area contributed by atoms with Crippen molar-refractivity contribution in [1.82, 2.24) is 9.97 Å². The van der Waals surface area contributed by atoms with Gasteiger partial charge in [-0.1, -0.05) is 23.7 Å². The van der Waals surface area contributed by atoms with E-state index in [1.807, 2.05) is 13.8 Å².